The topological polar surface area (TPSA) is 28.2 Å². The summed E-state index contributed by atoms with van der Waals surface area (Å²) in [5.74, 6) is 0.654. The molecule has 0 aliphatic heterocycles. The maximum atomic E-state index is 4.52. The van der Waals surface area contributed by atoms with Crippen molar-refractivity contribution in [2.45, 2.75) is 53.2 Å². The Bertz CT molecular complexity index is 106. The molecular formula is C12H28N2Y-4. The van der Waals surface area contributed by atoms with Crippen LogP contribution >= 0.6 is 0 Å². The van der Waals surface area contributed by atoms with Gasteiger partial charge in [-0.05, 0) is 0 Å². The van der Waals surface area contributed by atoms with Crippen molar-refractivity contribution in [1.29, 1.82) is 0 Å². The molecule has 0 aromatic heterocycles. The third kappa shape index (κ3) is 17.6. The van der Waals surface area contributed by atoms with Gasteiger partial charge in [0.2, 0.25) is 0 Å². The van der Waals surface area contributed by atoms with Gasteiger partial charge in [-0.15, -0.1) is 12.6 Å². The summed E-state index contributed by atoms with van der Waals surface area (Å²) < 4.78 is 0. The van der Waals surface area contributed by atoms with Crippen LogP contribution in [0.5, 0.6) is 0 Å². The van der Waals surface area contributed by atoms with E-state index in [0.29, 0.717) is 12.0 Å². The Morgan fingerprint density at radius 1 is 1.00 bits per heavy atom. The first-order valence-corrected chi connectivity index (χ1v) is 4.92. The minimum Gasteiger partial charge on any atom is -0.678 e. The molecule has 0 aromatic carbocycles. The molecule has 3 heteroatoms. The van der Waals surface area contributed by atoms with Crippen LogP contribution in [0.25, 0.3) is 10.6 Å². The smallest absolute Gasteiger partial charge is 0 e. The Kier molecular flexibility index (Phi) is 25.1. The van der Waals surface area contributed by atoms with Crippen LogP contribution in [0.2, 0.25) is 0 Å². The predicted molar refractivity (Wildman–Crippen MR) is 68.5 cm³/mol. The van der Waals surface area contributed by atoms with E-state index in [4.69, 9.17) is 0 Å². The van der Waals surface area contributed by atoms with Gasteiger partial charge in [0.25, 0.3) is 0 Å². The van der Waals surface area contributed by atoms with Crippen LogP contribution in [0.3, 0.4) is 0 Å². The third-order valence-electron chi connectivity index (χ3n) is 1.52. The first-order valence-electron chi connectivity index (χ1n) is 4.92. The van der Waals surface area contributed by atoms with Gasteiger partial charge in [-0.1, -0.05) is 47.0 Å². The maximum absolute atomic E-state index is 4.52. The van der Waals surface area contributed by atoms with E-state index >= 15 is 0 Å². The molecule has 0 aromatic rings. The third-order valence-corrected chi connectivity index (χ3v) is 1.52. The molecule has 15 heavy (non-hydrogen) atoms. The van der Waals surface area contributed by atoms with Crippen LogP contribution in [0.1, 0.15) is 41.0 Å². The molecule has 0 bridgehead atoms. The Balaban J connectivity index is -0.000000202. The summed E-state index contributed by atoms with van der Waals surface area (Å²) in [6.07, 6.45) is 1.26. The minimum atomic E-state index is 0. The molecular weight excluding hydrogens is 261 g/mol. The van der Waals surface area contributed by atoms with Crippen molar-refractivity contribution in [2.75, 3.05) is 6.54 Å². The summed E-state index contributed by atoms with van der Waals surface area (Å²) in [6.45, 7) is 11.7. The number of nitrogens with zero attached hydrogens (tertiary/aromatic N) is 2. The number of hydrogen-bond donors (Lipinski definition) is 0. The van der Waals surface area contributed by atoms with E-state index in [9.17, 15) is 0 Å². The second kappa shape index (κ2) is 15.0. The van der Waals surface area contributed by atoms with Gasteiger partial charge < -0.3 is 25.5 Å². The Labute approximate surface area is 123 Å². The van der Waals surface area contributed by atoms with Crippen molar-refractivity contribution in [3.63, 3.8) is 0 Å². The minimum absolute atomic E-state index is 0. The summed E-state index contributed by atoms with van der Waals surface area (Å²) in [5, 5.41) is 9.02. The predicted octanol–water partition coefficient (Wildman–Crippen LogP) is 4.43. The summed E-state index contributed by atoms with van der Waals surface area (Å²) in [4.78, 5) is 0. The summed E-state index contributed by atoms with van der Waals surface area (Å²) in [7, 11) is 0. The van der Waals surface area contributed by atoms with Gasteiger partial charge in [0.1, 0.15) is 0 Å². The molecule has 0 heterocycles. The quantitative estimate of drug-likeness (QED) is 0.647. The van der Waals surface area contributed by atoms with Crippen LogP contribution < -0.4 is 0 Å². The van der Waals surface area contributed by atoms with Crippen molar-refractivity contribution in [1.82, 2.24) is 0 Å². The van der Waals surface area contributed by atoms with Crippen LogP contribution in [-0.2, 0) is 32.7 Å². The molecule has 0 saturated carbocycles. The number of rotatable bonds is 6. The molecule has 0 rings (SSSR count). The second-order valence-corrected chi connectivity index (χ2v) is 3.89. The van der Waals surface area contributed by atoms with Crippen molar-refractivity contribution in [3.8, 4) is 0 Å². The summed E-state index contributed by atoms with van der Waals surface area (Å²) in [5.41, 5.74) is 0. The molecule has 0 amide bonds. The molecule has 1 radical (unpaired) electrons. The molecule has 1 unspecified atom stereocenters. The Morgan fingerprint density at radius 3 is 1.73 bits per heavy atom. The zero-order chi connectivity index (χ0) is 9.56. The van der Waals surface area contributed by atoms with E-state index in [-0.39, 0.29) is 53.7 Å². The van der Waals surface area contributed by atoms with E-state index in [1.807, 2.05) is 0 Å². The summed E-state index contributed by atoms with van der Waals surface area (Å²) >= 11 is 0. The molecule has 0 N–H and O–H groups in total. The average molecular weight is 289 g/mol. The van der Waals surface area contributed by atoms with Gasteiger partial charge in [0.05, 0.1) is 0 Å². The van der Waals surface area contributed by atoms with Gasteiger partial charge in [0, 0.05) is 32.7 Å². The SMILES string of the molecule is CCC([N-]CC(C)C)[N-]C(C)C.[CH3-].[CH3-].[Y]. The van der Waals surface area contributed by atoms with E-state index in [2.05, 4.69) is 45.3 Å². The van der Waals surface area contributed by atoms with E-state index < -0.39 is 0 Å². The fraction of sp³-hybridized carbons (Fsp3) is 0.833. The van der Waals surface area contributed by atoms with Gasteiger partial charge in [-0.3, -0.25) is 0 Å². The van der Waals surface area contributed by atoms with Gasteiger partial charge in [0.15, 0.2) is 0 Å². The molecule has 93 valence electrons. The average Bonchev–Trinajstić information content (AvgIpc) is 1.97. The molecule has 0 saturated heterocycles. The van der Waals surface area contributed by atoms with E-state index in [0.717, 1.165) is 13.0 Å². The first kappa shape index (κ1) is 25.0. The zero-order valence-corrected chi connectivity index (χ0v) is 14.5. The van der Waals surface area contributed by atoms with E-state index in [1.54, 1.807) is 0 Å². The molecule has 0 aliphatic rings. The molecule has 1 atom stereocenters. The van der Waals surface area contributed by atoms with Crippen molar-refractivity contribution in [3.05, 3.63) is 25.5 Å². The standard InChI is InChI=1S/C10H22N2.2CH3.Y/c1-6-10(12-9(4)5)11-7-8(2)3;;;/h8-10H,6-7H2,1-5H3;2*1H3;/q-2;2*-1;. The van der Waals surface area contributed by atoms with Crippen molar-refractivity contribution >= 4 is 0 Å². The fourth-order valence-corrected chi connectivity index (χ4v) is 0.958. The Hall–Kier alpha value is 1.02. The van der Waals surface area contributed by atoms with Gasteiger partial charge in [-0.25, -0.2) is 6.17 Å². The molecule has 0 spiro atoms. The monoisotopic (exact) mass is 289 g/mol. The molecule has 2 nitrogen and oxygen atoms in total. The van der Waals surface area contributed by atoms with Crippen molar-refractivity contribution < 1.29 is 32.7 Å². The molecule has 0 aliphatic carbocycles. The first-order chi connectivity index (χ1) is 5.56. The maximum Gasteiger partial charge on any atom is 0 e. The normalized spacial score (nSPS) is 11.4. The van der Waals surface area contributed by atoms with Crippen LogP contribution in [-0.4, -0.2) is 18.8 Å². The number of hydrogen-bond acceptors (Lipinski definition) is 0. The van der Waals surface area contributed by atoms with Crippen LogP contribution in [0.4, 0.5) is 0 Å². The zero-order valence-electron chi connectivity index (χ0n) is 11.6. The fourth-order valence-electron chi connectivity index (χ4n) is 0.958. The van der Waals surface area contributed by atoms with Crippen LogP contribution in [0, 0.1) is 20.8 Å². The van der Waals surface area contributed by atoms with E-state index in [1.165, 1.54) is 0 Å². The largest absolute Gasteiger partial charge is 0.678 e. The van der Waals surface area contributed by atoms with Gasteiger partial charge >= 0.3 is 0 Å². The Morgan fingerprint density at radius 2 is 1.47 bits per heavy atom. The van der Waals surface area contributed by atoms with Crippen molar-refractivity contribution in [2.24, 2.45) is 5.92 Å². The summed E-state index contributed by atoms with van der Waals surface area (Å²) in [6, 6.07) is 0.408. The second-order valence-electron chi connectivity index (χ2n) is 3.89. The van der Waals surface area contributed by atoms with Crippen LogP contribution in [0.15, 0.2) is 0 Å². The van der Waals surface area contributed by atoms with Gasteiger partial charge in [-0.2, -0.15) is 0 Å². The molecule has 0 fully saturated rings.